The van der Waals surface area contributed by atoms with Crippen molar-refractivity contribution in [3.8, 4) is 0 Å². The summed E-state index contributed by atoms with van der Waals surface area (Å²) in [4.78, 5) is 11.0. The van der Waals surface area contributed by atoms with E-state index in [9.17, 15) is 4.79 Å². The summed E-state index contributed by atoms with van der Waals surface area (Å²) in [6.45, 7) is 8.11. The SMILES string of the molecule is C=C(C)CC1(C=O)CCC(C)C1. The van der Waals surface area contributed by atoms with Crippen LogP contribution in [0.5, 0.6) is 0 Å². The van der Waals surface area contributed by atoms with E-state index in [2.05, 4.69) is 13.5 Å². The Hall–Kier alpha value is -0.590. The highest BCUT2D eigenvalue weighted by atomic mass is 16.1. The third-order valence-corrected chi connectivity index (χ3v) is 2.79. The minimum Gasteiger partial charge on any atom is -0.303 e. The van der Waals surface area contributed by atoms with E-state index in [1.54, 1.807) is 0 Å². The van der Waals surface area contributed by atoms with Gasteiger partial charge in [-0.3, -0.25) is 0 Å². The molecule has 0 aromatic heterocycles. The number of allylic oxidation sites excluding steroid dienone is 1. The highest BCUT2D eigenvalue weighted by molar-refractivity contribution is 5.60. The first kappa shape index (κ1) is 9.50. The van der Waals surface area contributed by atoms with Gasteiger partial charge in [-0.15, -0.1) is 6.58 Å². The molecule has 2 atom stereocenters. The average Bonchev–Trinajstić information content (AvgIpc) is 2.32. The Balaban J connectivity index is 2.64. The minimum absolute atomic E-state index is 0.0503. The number of carbonyl (C=O) groups is 1. The molecule has 0 aromatic rings. The van der Waals surface area contributed by atoms with Crippen LogP contribution in [-0.2, 0) is 4.79 Å². The Morgan fingerprint density at radius 1 is 1.75 bits per heavy atom. The molecule has 0 radical (unpaired) electrons. The van der Waals surface area contributed by atoms with Crippen molar-refractivity contribution in [1.29, 1.82) is 0 Å². The summed E-state index contributed by atoms with van der Waals surface area (Å²) in [7, 11) is 0. The Morgan fingerprint density at radius 2 is 2.42 bits per heavy atom. The standard InChI is InChI=1S/C11H18O/c1-9(2)6-11(8-12)5-4-10(3)7-11/h8,10H,1,4-7H2,2-3H3. The smallest absolute Gasteiger partial charge is 0.126 e. The van der Waals surface area contributed by atoms with Gasteiger partial charge in [-0.25, -0.2) is 0 Å². The van der Waals surface area contributed by atoms with Crippen LogP contribution in [-0.4, -0.2) is 6.29 Å². The molecule has 1 aliphatic carbocycles. The normalized spacial score (nSPS) is 35.0. The molecule has 1 fully saturated rings. The molecule has 1 heteroatoms. The van der Waals surface area contributed by atoms with E-state index in [4.69, 9.17) is 0 Å². The Kier molecular flexibility index (Phi) is 2.71. The maximum atomic E-state index is 11.0. The molecule has 0 heterocycles. The average molecular weight is 166 g/mol. The van der Waals surface area contributed by atoms with Gasteiger partial charge < -0.3 is 4.79 Å². The number of aldehydes is 1. The highest BCUT2D eigenvalue weighted by Crippen LogP contribution is 2.43. The van der Waals surface area contributed by atoms with Gasteiger partial charge >= 0.3 is 0 Å². The molecule has 0 aliphatic heterocycles. The van der Waals surface area contributed by atoms with Crippen LogP contribution in [0, 0.1) is 11.3 Å². The van der Waals surface area contributed by atoms with Gasteiger partial charge in [0.25, 0.3) is 0 Å². The Bertz CT molecular complexity index is 195. The van der Waals surface area contributed by atoms with Crippen molar-refractivity contribution in [3.63, 3.8) is 0 Å². The molecule has 1 rings (SSSR count). The molecule has 0 bridgehead atoms. The van der Waals surface area contributed by atoms with Gasteiger partial charge in [0.15, 0.2) is 0 Å². The lowest BCUT2D eigenvalue weighted by atomic mass is 9.81. The number of carbonyl (C=O) groups excluding carboxylic acids is 1. The molecular weight excluding hydrogens is 148 g/mol. The van der Waals surface area contributed by atoms with Crippen molar-refractivity contribution in [2.24, 2.45) is 11.3 Å². The number of hydrogen-bond acceptors (Lipinski definition) is 1. The number of rotatable bonds is 3. The van der Waals surface area contributed by atoms with E-state index in [0.29, 0.717) is 0 Å². The predicted octanol–water partition coefficient (Wildman–Crippen LogP) is 2.96. The van der Waals surface area contributed by atoms with Crippen molar-refractivity contribution in [2.75, 3.05) is 0 Å². The van der Waals surface area contributed by atoms with Gasteiger partial charge in [0.2, 0.25) is 0 Å². The van der Waals surface area contributed by atoms with Crippen molar-refractivity contribution in [3.05, 3.63) is 12.2 Å². The Morgan fingerprint density at radius 3 is 2.75 bits per heavy atom. The molecular formula is C11H18O. The monoisotopic (exact) mass is 166 g/mol. The number of hydrogen-bond donors (Lipinski definition) is 0. The van der Waals surface area contributed by atoms with Crippen LogP contribution in [0.4, 0.5) is 0 Å². The zero-order valence-electron chi connectivity index (χ0n) is 8.10. The van der Waals surface area contributed by atoms with Crippen molar-refractivity contribution in [2.45, 2.75) is 39.5 Å². The Labute approximate surface area is 74.9 Å². The van der Waals surface area contributed by atoms with E-state index < -0.39 is 0 Å². The van der Waals surface area contributed by atoms with Gasteiger partial charge in [0.05, 0.1) is 0 Å². The minimum atomic E-state index is -0.0503. The lowest BCUT2D eigenvalue weighted by Gasteiger charge is -2.21. The van der Waals surface area contributed by atoms with E-state index in [-0.39, 0.29) is 5.41 Å². The zero-order chi connectivity index (χ0) is 9.19. The van der Waals surface area contributed by atoms with E-state index in [1.807, 2.05) is 6.92 Å². The fraction of sp³-hybridized carbons (Fsp3) is 0.727. The molecule has 0 saturated heterocycles. The summed E-state index contributed by atoms with van der Waals surface area (Å²) in [5, 5.41) is 0. The highest BCUT2D eigenvalue weighted by Gasteiger charge is 2.36. The van der Waals surface area contributed by atoms with Gasteiger partial charge in [-0.2, -0.15) is 0 Å². The predicted molar refractivity (Wildman–Crippen MR) is 50.9 cm³/mol. The molecule has 1 aliphatic rings. The van der Waals surface area contributed by atoms with Crippen molar-refractivity contribution >= 4 is 6.29 Å². The fourth-order valence-corrected chi connectivity index (χ4v) is 2.34. The lowest BCUT2D eigenvalue weighted by Crippen LogP contribution is -2.18. The van der Waals surface area contributed by atoms with Crippen LogP contribution in [0.2, 0.25) is 0 Å². The van der Waals surface area contributed by atoms with E-state index in [0.717, 1.165) is 37.0 Å². The zero-order valence-corrected chi connectivity index (χ0v) is 8.10. The first-order valence-electron chi connectivity index (χ1n) is 4.69. The van der Waals surface area contributed by atoms with Gasteiger partial charge in [-0.1, -0.05) is 12.5 Å². The molecule has 1 nitrogen and oxygen atoms in total. The quantitative estimate of drug-likeness (QED) is 0.465. The first-order valence-corrected chi connectivity index (χ1v) is 4.69. The lowest BCUT2D eigenvalue weighted by molar-refractivity contribution is -0.116. The maximum absolute atomic E-state index is 11.0. The van der Waals surface area contributed by atoms with Gasteiger partial charge in [0.1, 0.15) is 6.29 Å². The van der Waals surface area contributed by atoms with E-state index >= 15 is 0 Å². The van der Waals surface area contributed by atoms with E-state index in [1.165, 1.54) is 6.42 Å². The molecule has 2 unspecified atom stereocenters. The van der Waals surface area contributed by atoms with Gasteiger partial charge in [-0.05, 0) is 38.5 Å². The second-order valence-corrected chi connectivity index (χ2v) is 4.46. The van der Waals surface area contributed by atoms with Crippen LogP contribution in [0.1, 0.15) is 39.5 Å². The molecule has 12 heavy (non-hydrogen) atoms. The fourth-order valence-electron chi connectivity index (χ4n) is 2.34. The molecule has 0 amide bonds. The molecule has 0 aromatic carbocycles. The topological polar surface area (TPSA) is 17.1 Å². The molecule has 0 spiro atoms. The summed E-state index contributed by atoms with van der Waals surface area (Å²) in [6, 6.07) is 0. The van der Waals surface area contributed by atoms with Crippen LogP contribution in [0.25, 0.3) is 0 Å². The summed E-state index contributed by atoms with van der Waals surface area (Å²) in [5.74, 6) is 0.717. The summed E-state index contributed by atoms with van der Waals surface area (Å²) < 4.78 is 0. The van der Waals surface area contributed by atoms with Crippen LogP contribution >= 0.6 is 0 Å². The molecule has 0 N–H and O–H groups in total. The maximum Gasteiger partial charge on any atom is 0.126 e. The molecule has 68 valence electrons. The van der Waals surface area contributed by atoms with Crippen molar-refractivity contribution in [1.82, 2.24) is 0 Å². The third-order valence-electron chi connectivity index (χ3n) is 2.79. The summed E-state index contributed by atoms with van der Waals surface area (Å²) >= 11 is 0. The van der Waals surface area contributed by atoms with Crippen molar-refractivity contribution < 1.29 is 4.79 Å². The third kappa shape index (κ3) is 1.96. The second-order valence-electron chi connectivity index (χ2n) is 4.46. The first-order chi connectivity index (χ1) is 5.58. The van der Waals surface area contributed by atoms with Crippen LogP contribution in [0.15, 0.2) is 12.2 Å². The summed E-state index contributed by atoms with van der Waals surface area (Å²) in [6.07, 6.45) is 5.37. The molecule has 1 saturated carbocycles. The van der Waals surface area contributed by atoms with Crippen LogP contribution in [0.3, 0.4) is 0 Å². The second kappa shape index (κ2) is 3.42. The van der Waals surface area contributed by atoms with Crippen LogP contribution < -0.4 is 0 Å². The largest absolute Gasteiger partial charge is 0.303 e. The summed E-state index contributed by atoms with van der Waals surface area (Å²) in [5.41, 5.74) is 1.09. The van der Waals surface area contributed by atoms with Gasteiger partial charge in [0, 0.05) is 5.41 Å².